The van der Waals surface area contributed by atoms with Gasteiger partial charge >= 0.3 is 0 Å². The number of aromatic amines is 1. The van der Waals surface area contributed by atoms with E-state index in [1.807, 2.05) is 13.0 Å². The van der Waals surface area contributed by atoms with Crippen LogP contribution in [0, 0.1) is 13.8 Å². The average molecular weight is 294 g/mol. The maximum Gasteiger partial charge on any atom is 0.245 e. The highest BCUT2D eigenvalue weighted by molar-refractivity contribution is 7.89. The molecule has 0 radical (unpaired) electrons. The van der Waals surface area contributed by atoms with E-state index in [1.165, 1.54) is 11.4 Å². The van der Waals surface area contributed by atoms with Crippen molar-refractivity contribution in [2.75, 3.05) is 12.8 Å². The maximum atomic E-state index is 12.7. The molecule has 1 aromatic carbocycles. The molecule has 20 heavy (non-hydrogen) atoms. The Morgan fingerprint density at radius 2 is 2.05 bits per heavy atom. The summed E-state index contributed by atoms with van der Waals surface area (Å²) in [5.74, 6) is 0.583. The van der Waals surface area contributed by atoms with Gasteiger partial charge in [-0.2, -0.15) is 4.31 Å². The predicted octanol–water partition coefficient (Wildman–Crippen LogP) is 1.43. The number of H-pyrrole nitrogens is 1. The number of nitrogen functional groups attached to an aromatic ring is 1. The smallest absolute Gasteiger partial charge is 0.245 e. The lowest BCUT2D eigenvalue weighted by molar-refractivity contribution is 0.458. The number of nitrogens with one attached hydrogen (secondary N) is 1. The van der Waals surface area contributed by atoms with Crippen molar-refractivity contribution in [3.8, 4) is 0 Å². The van der Waals surface area contributed by atoms with Gasteiger partial charge in [-0.05, 0) is 31.0 Å². The molecule has 2 aromatic rings. The lowest BCUT2D eigenvalue weighted by Crippen LogP contribution is -2.28. The highest BCUT2D eigenvalue weighted by Gasteiger charge is 2.26. The molecule has 0 amide bonds. The van der Waals surface area contributed by atoms with Crippen molar-refractivity contribution in [3.05, 3.63) is 41.5 Å². The Hall–Kier alpha value is -1.86. The predicted molar refractivity (Wildman–Crippen MR) is 77.6 cm³/mol. The normalized spacial score (nSPS) is 12.0. The second-order valence-electron chi connectivity index (χ2n) is 4.72. The molecule has 0 unspecified atom stereocenters. The molecule has 2 rings (SSSR count). The minimum atomic E-state index is -3.65. The van der Waals surface area contributed by atoms with Crippen LogP contribution in [0.2, 0.25) is 0 Å². The lowest BCUT2D eigenvalue weighted by Gasteiger charge is -2.19. The first kappa shape index (κ1) is 14.5. The topological polar surface area (TPSA) is 92.1 Å². The third kappa shape index (κ3) is 2.54. The van der Waals surface area contributed by atoms with Gasteiger partial charge in [0.05, 0.1) is 12.2 Å². The summed E-state index contributed by atoms with van der Waals surface area (Å²) in [6.45, 7) is 3.79. The van der Waals surface area contributed by atoms with Crippen molar-refractivity contribution in [1.82, 2.24) is 14.3 Å². The van der Waals surface area contributed by atoms with E-state index in [9.17, 15) is 8.42 Å². The van der Waals surface area contributed by atoms with Crippen LogP contribution in [0.1, 0.15) is 17.0 Å². The molecule has 0 fully saturated rings. The van der Waals surface area contributed by atoms with Crippen LogP contribution in [-0.4, -0.2) is 29.7 Å². The zero-order valence-corrected chi connectivity index (χ0v) is 12.5. The first-order valence-corrected chi connectivity index (χ1v) is 7.58. The van der Waals surface area contributed by atoms with Gasteiger partial charge in [0.2, 0.25) is 10.0 Å². The third-order valence-electron chi connectivity index (χ3n) is 3.30. The number of nitrogens with two attached hydrogens (primary N) is 1. The quantitative estimate of drug-likeness (QED) is 0.834. The molecule has 0 bridgehead atoms. The number of aryl methyl sites for hydroxylation is 1. The molecular formula is C13H18N4O2S. The standard InChI is InChI=1S/C13H18N4O2S/c1-9-4-5-11(14)13(10(9)2)20(18,19)17(3)8-12-15-6-7-16-12/h4-7H,8,14H2,1-3H3,(H,15,16). The van der Waals surface area contributed by atoms with E-state index < -0.39 is 10.0 Å². The van der Waals surface area contributed by atoms with Crippen LogP contribution in [0.4, 0.5) is 5.69 Å². The van der Waals surface area contributed by atoms with Crippen LogP contribution >= 0.6 is 0 Å². The van der Waals surface area contributed by atoms with Gasteiger partial charge in [-0.1, -0.05) is 6.07 Å². The summed E-state index contributed by atoms with van der Waals surface area (Å²) in [5, 5.41) is 0. The van der Waals surface area contributed by atoms with Crippen molar-refractivity contribution in [1.29, 1.82) is 0 Å². The molecule has 7 heteroatoms. The Bertz CT molecular complexity index is 708. The van der Waals surface area contributed by atoms with E-state index in [1.54, 1.807) is 25.4 Å². The van der Waals surface area contributed by atoms with E-state index >= 15 is 0 Å². The van der Waals surface area contributed by atoms with Crippen molar-refractivity contribution in [2.45, 2.75) is 25.3 Å². The number of anilines is 1. The first-order chi connectivity index (χ1) is 9.34. The molecule has 0 saturated carbocycles. The number of rotatable bonds is 4. The molecule has 108 valence electrons. The van der Waals surface area contributed by atoms with E-state index in [0.717, 1.165) is 5.56 Å². The first-order valence-electron chi connectivity index (χ1n) is 6.14. The van der Waals surface area contributed by atoms with Crippen molar-refractivity contribution >= 4 is 15.7 Å². The Labute approximate surface area is 118 Å². The van der Waals surface area contributed by atoms with Gasteiger partial charge in [0, 0.05) is 19.4 Å². The fourth-order valence-electron chi connectivity index (χ4n) is 1.99. The number of sulfonamides is 1. The lowest BCUT2D eigenvalue weighted by atomic mass is 10.1. The number of imidazole rings is 1. The van der Waals surface area contributed by atoms with Gasteiger partial charge in [-0.15, -0.1) is 0 Å². The molecular weight excluding hydrogens is 276 g/mol. The monoisotopic (exact) mass is 294 g/mol. The van der Waals surface area contributed by atoms with Gasteiger partial charge in [0.15, 0.2) is 0 Å². The van der Waals surface area contributed by atoms with Gasteiger partial charge in [0.25, 0.3) is 0 Å². The highest BCUT2D eigenvalue weighted by Crippen LogP contribution is 2.28. The maximum absolute atomic E-state index is 12.7. The van der Waals surface area contributed by atoms with E-state index in [-0.39, 0.29) is 17.1 Å². The average Bonchev–Trinajstić information content (AvgIpc) is 2.87. The fourth-order valence-corrected chi connectivity index (χ4v) is 3.51. The number of hydrogen-bond donors (Lipinski definition) is 2. The number of benzene rings is 1. The molecule has 0 aliphatic heterocycles. The zero-order chi connectivity index (χ0) is 14.9. The van der Waals surface area contributed by atoms with Crippen LogP contribution < -0.4 is 5.73 Å². The molecule has 0 saturated heterocycles. The molecule has 0 aliphatic rings. The molecule has 0 aliphatic carbocycles. The molecule has 3 N–H and O–H groups in total. The van der Waals surface area contributed by atoms with E-state index in [0.29, 0.717) is 11.4 Å². The van der Waals surface area contributed by atoms with Gasteiger partial charge < -0.3 is 10.7 Å². The van der Waals surface area contributed by atoms with Crippen LogP contribution in [0.3, 0.4) is 0 Å². The fraction of sp³-hybridized carbons (Fsp3) is 0.308. The van der Waals surface area contributed by atoms with Crippen LogP contribution in [0.15, 0.2) is 29.4 Å². The molecule has 0 spiro atoms. The number of nitrogens with zero attached hydrogens (tertiary/aromatic N) is 2. The zero-order valence-electron chi connectivity index (χ0n) is 11.7. The third-order valence-corrected chi connectivity index (χ3v) is 5.31. The number of hydrogen-bond acceptors (Lipinski definition) is 4. The summed E-state index contributed by atoms with van der Waals surface area (Å²) in [5.41, 5.74) is 7.69. The summed E-state index contributed by atoms with van der Waals surface area (Å²) < 4.78 is 26.6. The highest BCUT2D eigenvalue weighted by atomic mass is 32.2. The Balaban J connectivity index is 2.42. The minimum Gasteiger partial charge on any atom is -0.398 e. The Kier molecular flexibility index (Phi) is 3.82. The molecule has 1 aromatic heterocycles. The van der Waals surface area contributed by atoms with Crippen molar-refractivity contribution in [2.24, 2.45) is 0 Å². The van der Waals surface area contributed by atoms with Crippen LogP contribution in [0.5, 0.6) is 0 Å². The summed E-state index contributed by atoms with van der Waals surface area (Å²) >= 11 is 0. The van der Waals surface area contributed by atoms with Crippen LogP contribution in [0.25, 0.3) is 0 Å². The Morgan fingerprint density at radius 3 is 2.65 bits per heavy atom. The molecule has 1 heterocycles. The Morgan fingerprint density at radius 1 is 1.35 bits per heavy atom. The van der Waals surface area contributed by atoms with Gasteiger partial charge in [-0.3, -0.25) is 0 Å². The second-order valence-corrected chi connectivity index (χ2v) is 6.70. The summed E-state index contributed by atoms with van der Waals surface area (Å²) in [4.78, 5) is 7.09. The van der Waals surface area contributed by atoms with Crippen molar-refractivity contribution in [3.63, 3.8) is 0 Å². The largest absolute Gasteiger partial charge is 0.398 e. The molecule has 6 nitrogen and oxygen atoms in total. The summed E-state index contributed by atoms with van der Waals surface area (Å²) in [6, 6.07) is 3.44. The van der Waals surface area contributed by atoms with E-state index in [2.05, 4.69) is 9.97 Å². The summed E-state index contributed by atoms with van der Waals surface area (Å²) in [6.07, 6.45) is 3.24. The summed E-state index contributed by atoms with van der Waals surface area (Å²) in [7, 11) is -2.14. The van der Waals surface area contributed by atoms with Crippen molar-refractivity contribution < 1.29 is 8.42 Å². The van der Waals surface area contributed by atoms with Gasteiger partial charge in [0.1, 0.15) is 10.7 Å². The second kappa shape index (κ2) is 5.26. The van der Waals surface area contributed by atoms with Crippen LogP contribution in [-0.2, 0) is 16.6 Å². The van der Waals surface area contributed by atoms with Gasteiger partial charge in [-0.25, -0.2) is 13.4 Å². The minimum absolute atomic E-state index is 0.169. The SMILES string of the molecule is Cc1ccc(N)c(S(=O)(=O)N(C)Cc2ncc[nH]2)c1C. The van der Waals surface area contributed by atoms with E-state index in [4.69, 9.17) is 5.73 Å². The number of aromatic nitrogens is 2. The molecule has 0 atom stereocenters.